The molecule has 0 N–H and O–H groups in total. The second-order valence-electron chi connectivity index (χ2n) is 0.0645. The molecule has 0 fully saturated rings. The van der Waals surface area contributed by atoms with Crippen molar-refractivity contribution in [2.45, 2.75) is 0 Å². The average molecular weight is 312 g/mol. The van der Waals surface area contributed by atoms with Crippen LogP contribution >= 0.6 is 0 Å². The number of nitroso groups, excluding NO2 is 1. The maximum atomic E-state index is 8.44. The van der Waals surface area contributed by atoms with Crippen LogP contribution in [0, 0.1) is 4.91 Å². The van der Waals surface area contributed by atoms with Gasteiger partial charge in [-0.1, -0.05) is 0 Å². The molecule has 0 saturated heterocycles. The number of hydrogen-bond acceptors (Lipinski definition) is 8. The first-order valence-electron chi connectivity index (χ1n) is 2.07. The van der Waals surface area contributed by atoms with Crippen LogP contribution in [0.2, 0.25) is 0 Å². The second-order valence-corrected chi connectivity index (χ2v) is 0.266. The first-order chi connectivity index (χ1) is 7.41. The molecule has 0 rings (SSSR count). The van der Waals surface area contributed by atoms with E-state index < -0.39 is 0 Å². The fraction of sp³-hybridized carbons (Fsp3) is 0. The van der Waals surface area contributed by atoms with E-state index in [1.807, 2.05) is 44.9 Å². The molecule has 0 radical (unpaired) electrons. The summed E-state index contributed by atoms with van der Waals surface area (Å²) in [5, 5.41) is 0. The number of nitrogens with zero attached hydrogens (tertiary/aromatic N) is 1. The summed E-state index contributed by atoms with van der Waals surface area (Å²) in [4.78, 5) is 56.4. The SMILES string of the molecule is C=O.C=O.C=O.C=O.C=O.C=O.O=[N][Fe-2].[Na+].[Na+]. The summed E-state index contributed by atoms with van der Waals surface area (Å²) in [5.41, 5.74) is 0. The molecule has 0 aliphatic heterocycles. The number of rotatable bonds is 0. The Kier molecular flexibility index (Phi) is 11300. The van der Waals surface area contributed by atoms with Crippen molar-refractivity contribution >= 4 is 40.7 Å². The second kappa shape index (κ2) is 2850. The largest absolute Gasteiger partial charge is 1.00 e. The maximum absolute atomic E-state index is 8.44. The predicted octanol–water partition coefficient (Wildman–Crippen LogP) is -6.89. The van der Waals surface area contributed by atoms with E-state index in [-0.39, 0.29) is 59.1 Å². The van der Waals surface area contributed by atoms with Crippen LogP contribution in [0.5, 0.6) is 0 Å². The molecule has 0 aliphatic carbocycles. The molecule has 0 unspecified atom stereocenters. The molecule has 0 heterocycles. The molecule has 0 aromatic rings. The van der Waals surface area contributed by atoms with Crippen molar-refractivity contribution in [3.8, 4) is 0 Å². The van der Waals surface area contributed by atoms with Gasteiger partial charge < -0.3 is 28.8 Å². The average Bonchev–Trinajstić information content (AvgIpc) is 2.44. The van der Waals surface area contributed by atoms with Crippen LogP contribution in [0.4, 0.5) is 0 Å². The van der Waals surface area contributed by atoms with E-state index in [0.29, 0.717) is 0 Å². The maximum Gasteiger partial charge on any atom is 1.00 e. The van der Waals surface area contributed by atoms with Crippen LogP contribution in [-0.2, 0) is 45.0 Å². The Hall–Kier alpha value is 0.139. The molecule has 0 atom stereocenters. The Bertz CT molecular complexity index is 71.9. The summed E-state index contributed by atoms with van der Waals surface area (Å²) in [7, 11) is 0. The zero-order valence-electron chi connectivity index (χ0n) is 9.90. The van der Waals surface area contributed by atoms with Gasteiger partial charge in [-0.05, 0) is 0 Å². The van der Waals surface area contributed by atoms with Gasteiger partial charge in [0.05, 0.1) is 0 Å². The third-order valence-corrected chi connectivity index (χ3v) is 0. The number of hydrogen-bond donors (Lipinski definition) is 0. The van der Waals surface area contributed by atoms with Gasteiger partial charge in [-0.2, -0.15) is 0 Å². The predicted molar refractivity (Wildman–Crippen MR) is 48.5 cm³/mol. The minimum atomic E-state index is 0. The molecule has 11 heteroatoms. The van der Waals surface area contributed by atoms with Crippen molar-refractivity contribution in [2.75, 3.05) is 0 Å². The fourth-order valence-electron chi connectivity index (χ4n) is 0. The zero-order valence-corrected chi connectivity index (χ0v) is 15.0. The van der Waals surface area contributed by atoms with E-state index in [2.05, 4.69) is 16.2 Å². The molecule has 0 aromatic heterocycles. The normalized spacial score (nSPS) is 2.24. The summed E-state index contributed by atoms with van der Waals surface area (Å²) in [6, 6.07) is 0. The molecule has 17 heavy (non-hydrogen) atoms. The molecule has 0 spiro atoms. The van der Waals surface area contributed by atoms with Crippen molar-refractivity contribution in [3.05, 3.63) is 4.91 Å². The van der Waals surface area contributed by atoms with Gasteiger partial charge in [-0.25, -0.2) is 0 Å². The Morgan fingerprint density at radius 1 is 0.529 bits per heavy atom. The Morgan fingerprint density at radius 2 is 0.529 bits per heavy atom. The van der Waals surface area contributed by atoms with Crippen LogP contribution in [0.1, 0.15) is 0 Å². The molecule has 8 nitrogen and oxygen atoms in total. The minimum Gasteiger partial charge on any atom is 1.00 e. The minimum absolute atomic E-state index is 0. The summed E-state index contributed by atoms with van der Waals surface area (Å²) >= 11 is 2.56. The first kappa shape index (κ1) is 67.4. The molecule has 0 amide bonds. The summed E-state index contributed by atoms with van der Waals surface area (Å²) in [5.74, 6) is 0. The van der Waals surface area contributed by atoms with E-state index in [1.54, 1.807) is 0 Å². The van der Waals surface area contributed by atoms with Crippen LogP contribution in [0.15, 0.2) is 4.19 Å². The van der Waals surface area contributed by atoms with Gasteiger partial charge in [0.25, 0.3) is 0 Å². The summed E-state index contributed by atoms with van der Waals surface area (Å²) < 4.78 is 2.00. The molecule has 0 aromatic carbocycles. The van der Waals surface area contributed by atoms with Gasteiger partial charge in [0.15, 0.2) is 0 Å². The van der Waals surface area contributed by atoms with Crippen molar-refractivity contribution in [3.63, 3.8) is 0 Å². The van der Waals surface area contributed by atoms with Gasteiger partial charge >= 0.3 is 84.4 Å². The van der Waals surface area contributed by atoms with Crippen molar-refractivity contribution in [2.24, 2.45) is 4.19 Å². The number of carbonyl (C=O) groups excluding carboxylic acids is 6. The smallest absolute Gasteiger partial charge is 1.00 e. The van der Waals surface area contributed by atoms with E-state index in [0.717, 1.165) is 0 Å². The van der Waals surface area contributed by atoms with Crippen LogP contribution in [0.25, 0.3) is 0 Å². The molecule has 0 saturated carbocycles. The molecular formula is C6H12FeNNa2O7. The standard InChI is InChI=1S/6CH2O.Fe.NO.2Na/c6*1-2;;1-2;;/h6*1H2;;;;/q;;;;;;2*-1;2*+1. The van der Waals surface area contributed by atoms with Gasteiger partial charge in [0, 0.05) is 0 Å². The Balaban J connectivity index is -0.00000000620. The fourth-order valence-corrected chi connectivity index (χ4v) is 0. The van der Waals surface area contributed by atoms with E-state index in [4.69, 9.17) is 33.7 Å². The van der Waals surface area contributed by atoms with Crippen LogP contribution in [-0.4, -0.2) is 40.7 Å². The van der Waals surface area contributed by atoms with Gasteiger partial charge in [0.1, 0.15) is 40.7 Å². The number of carbonyl (C=O) groups is 6. The third kappa shape index (κ3) is 166000. The molecule has 0 bridgehead atoms. The van der Waals surface area contributed by atoms with E-state index >= 15 is 0 Å². The van der Waals surface area contributed by atoms with Crippen molar-refractivity contribution in [1.82, 2.24) is 0 Å². The molecule has 93 valence electrons. The van der Waals surface area contributed by atoms with Crippen LogP contribution < -0.4 is 59.1 Å². The quantitative estimate of drug-likeness (QED) is 0.321. The van der Waals surface area contributed by atoms with E-state index in [1.165, 1.54) is 0 Å². The van der Waals surface area contributed by atoms with Crippen molar-refractivity contribution in [1.29, 1.82) is 0 Å². The summed E-state index contributed by atoms with van der Waals surface area (Å²) in [6.07, 6.45) is 0. The van der Waals surface area contributed by atoms with Gasteiger partial charge in [0.2, 0.25) is 0 Å². The zero-order chi connectivity index (χ0) is 14.7. The Labute approximate surface area is 152 Å². The summed E-state index contributed by atoms with van der Waals surface area (Å²) in [6.45, 7) is 12.0. The van der Waals surface area contributed by atoms with E-state index in [9.17, 15) is 0 Å². The first-order valence-corrected chi connectivity index (χ1v) is 2.57. The topological polar surface area (TPSA) is 132 Å². The third-order valence-electron chi connectivity index (χ3n) is 0. The van der Waals surface area contributed by atoms with Gasteiger partial charge in [-0.3, -0.25) is 0 Å². The van der Waals surface area contributed by atoms with Crippen molar-refractivity contribution < 1.29 is 104 Å². The monoisotopic (exact) mass is 312 g/mol. The Morgan fingerprint density at radius 3 is 0.529 bits per heavy atom. The van der Waals surface area contributed by atoms with Crippen LogP contribution in [0.3, 0.4) is 0 Å². The van der Waals surface area contributed by atoms with Gasteiger partial charge in [-0.15, -0.1) is 0 Å². The molecular weight excluding hydrogens is 300 g/mol. The molecule has 0 aliphatic rings.